The van der Waals surface area contributed by atoms with Crippen molar-refractivity contribution >= 4 is 11.6 Å². The molecule has 0 spiro atoms. The van der Waals surface area contributed by atoms with Crippen LogP contribution in [0.3, 0.4) is 0 Å². The smallest absolute Gasteiger partial charge is 0.147 e. The molecule has 1 aromatic carbocycles. The zero-order valence-electron chi connectivity index (χ0n) is 10.1. The number of hydrogen-bond acceptors (Lipinski definition) is 2. The van der Waals surface area contributed by atoms with Crippen LogP contribution in [0.25, 0.3) is 0 Å². The molecule has 1 unspecified atom stereocenters. The predicted octanol–water partition coefficient (Wildman–Crippen LogP) is 3.10. The van der Waals surface area contributed by atoms with Gasteiger partial charge in [0, 0.05) is 13.0 Å². The Morgan fingerprint density at radius 2 is 1.94 bits per heavy atom. The average Bonchev–Trinajstić information content (AvgIpc) is 2.73. The molecule has 0 saturated heterocycles. The summed E-state index contributed by atoms with van der Waals surface area (Å²) in [5, 5.41) is 8.37. The van der Waals surface area contributed by atoms with E-state index in [0.717, 1.165) is 18.1 Å². The van der Waals surface area contributed by atoms with Gasteiger partial charge < -0.3 is 4.57 Å². The van der Waals surface area contributed by atoms with Gasteiger partial charge in [0.15, 0.2) is 0 Å². The maximum atomic E-state index is 5.82. The molecule has 17 heavy (non-hydrogen) atoms. The van der Waals surface area contributed by atoms with Crippen LogP contribution in [0.1, 0.15) is 36.5 Å². The molecule has 2 aromatic rings. The summed E-state index contributed by atoms with van der Waals surface area (Å²) in [6.45, 7) is 2.16. The average molecular weight is 250 g/mol. The molecule has 4 heteroatoms. The molecular weight excluding hydrogens is 234 g/mol. The van der Waals surface area contributed by atoms with Crippen molar-refractivity contribution in [3.8, 4) is 0 Å². The van der Waals surface area contributed by atoms with Crippen molar-refractivity contribution in [2.75, 3.05) is 0 Å². The lowest BCUT2D eigenvalue weighted by Crippen LogP contribution is -2.08. The number of aromatic nitrogens is 3. The van der Waals surface area contributed by atoms with E-state index in [2.05, 4.69) is 41.4 Å². The molecule has 0 bridgehead atoms. The Kier molecular flexibility index (Phi) is 3.79. The van der Waals surface area contributed by atoms with E-state index in [-0.39, 0.29) is 5.92 Å². The Morgan fingerprint density at radius 1 is 1.24 bits per heavy atom. The first-order valence-corrected chi connectivity index (χ1v) is 6.30. The topological polar surface area (TPSA) is 30.7 Å². The largest absolute Gasteiger partial charge is 0.317 e. The van der Waals surface area contributed by atoms with E-state index in [1.54, 1.807) is 0 Å². The molecule has 0 amide bonds. The first kappa shape index (κ1) is 12.1. The fourth-order valence-corrected chi connectivity index (χ4v) is 2.28. The molecule has 0 radical (unpaired) electrons. The Balaban J connectivity index is 2.39. The van der Waals surface area contributed by atoms with E-state index in [1.165, 1.54) is 5.56 Å². The molecule has 0 fully saturated rings. The molecule has 90 valence electrons. The van der Waals surface area contributed by atoms with Crippen molar-refractivity contribution in [3.05, 3.63) is 47.5 Å². The summed E-state index contributed by atoms with van der Waals surface area (Å²) in [4.78, 5) is 0. The first-order valence-electron chi connectivity index (χ1n) is 5.77. The molecule has 0 aliphatic heterocycles. The van der Waals surface area contributed by atoms with Crippen LogP contribution in [0.4, 0.5) is 0 Å². The fourth-order valence-electron chi connectivity index (χ4n) is 2.05. The van der Waals surface area contributed by atoms with Crippen LogP contribution in [0.5, 0.6) is 0 Å². The molecule has 1 aromatic heterocycles. The number of nitrogens with zero attached hydrogens (tertiary/aromatic N) is 3. The van der Waals surface area contributed by atoms with E-state index < -0.39 is 0 Å². The third kappa shape index (κ3) is 2.34. The monoisotopic (exact) mass is 249 g/mol. The zero-order valence-corrected chi connectivity index (χ0v) is 10.9. The highest BCUT2D eigenvalue weighted by molar-refractivity contribution is 6.16. The van der Waals surface area contributed by atoms with Gasteiger partial charge in [0.25, 0.3) is 0 Å². The minimum atomic E-state index is 0.283. The highest BCUT2D eigenvalue weighted by Gasteiger charge is 2.18. The molecule has 2 rings (SSSR count). The van der Waals surface area contributed by atoms with Gasteiger partial charge in [-0.3, -0.25) is 0 Å². The summed E-state index contributed by atoms with van der Waals surface area (Å²) in [6.07, 6.45) is 0.998. The van der Waals surface area contributed by atoms with Crippen LogP contribution in [0.2, 0.25) is 0 Å². The molecule has 1 atom stereocenters. The molecular formula is C13H16ClN3. The maximum absolute atomic E-state index is 5.82. The maximum Gasteiger partial charge on any atom is 0.147 e. The van der Waals surface area contributed by atoms with E-state index >= 15 is 0 Å². The normalized spacial score (nSPS) is 12.6. The van der Waals surface area contributed by atoms with Crippen molar-refractivity contribution in [2.24, 2.45) is 7.05 Å². The minimum Gasteiger partial charge on any atom is -0.317 e. The summed E-state index contributed by atoms with van der Waals surface area (Å²) >= 11 is 5.82. The second kappa shape index (κ2) is 5.32. The molecule has 3 nitrogen and oxygen atoms in total. The molecule has 1 heterocycles. The number of hydrogen-bond donors (Lipinski definition) is 0. The summed E-state index contributed by atoms with van der Waals surface area (Å²) in [7, 11) is 1.97. The van der Waals surface area contributed by atoms with E-state index in [0.29, 0.717) is 5.88 Å². The molecule has 0 saturated carbocycles. The second-order valence-electron chi connectivity index (χ2n) is 4.04. The standard InChI is InChI=1S/C13H16ClN3/c1-3-11(10-7-5-4-6-8-10)13-16-15-12(9-14)17(13)2/h4-8,11H,3,9H2,1-2H3. The lowest BCUT2D eigenvalue weighted by Gasteiger charge is -2.14. The SMILES string of the molecule is CCC(c1ccccc1)c1nnc(CCl)n1C. The van der Waals surface area contributed by atoms with Gasteiger partial charge in [-0.1, -0.05) is 37.3 Å². The Morgan fingerprint density at radius 3 is 2.47 bits per heavy atom. The van der Waals surface area contributed by atoms with Crippen LogP contribution in [-0.2, 0) is 12.9 Å². The van der Waals surface area contributed by atoms with Gasteiger partial charge in [0.2, 0.25) is 0 Å². The van der Waals surface area contributed by atoms with Crippen LogP contribution >= 0.6 is 11.6 Å². The van der Waals surface area contributed by atoms with Gasteiger partial charge in [-0.15, -0.1) is 21.8 Å². The van der Waals surface area contributed by atoms with Gasteiger partial charge >= 0.3 is 0 Å². The zero-order chi connectivity index (χ0) is 12.3. The molecule has 0 aliphatic carbocycles. The quantitative estimate of drug-likeness (QED) is 0.780. The summed E-state index contributed by atoms with van der Waals surface area (Å²) < 4.78 is 1.99. The lowest BCUT2D eigenvalue weighted by atomic mass is 9.96. The predicted molar refractivity (Wildman–Crippen MR) is 69.1 cm³/mol. The van der Waals surface area contributed by atoms with Crippen molar-refractivity contribution < 1.29 is 0 Å². The van der Waals surface area contributed by atoms with Crippen LogP contribution < -0.4 is 0 Å². The third-order valence-electron chi connectivity index (χ3n) is 3.04. The Labute approximate surface area is 106 Å². The first-order chi connectivity index (χ1) is 8.27. The van der Waals surface area contributed by atoms with E-state index in [1.807, 2.05) is 17.7 Å². The van der Waals surface area contributed by atoms with Gasteiger partial charge in [0.1, 0.15) is 11.6 Å². The van der Waals surface area contributed by atoms with Crippen molar-refractivity contribution in [1.82, 2.24) is 14.8 Å². The summed E-state index contributed by atoms with van der Waals surface area (Å²) in [5.41, 5.74) is 1.27. The van der Waals surface area contributed by atoms with Crippen molar-refractivity contribution in [3.63, 3.8) is 0 Å². The van der Waals surface area contributed by atoms with Crippen LogP contribution in [0, 0.1) is 0 Å². The second-order valence-corrected chi connectivity index (χ2v) is 4.31. The fraction of sp³-hybridized carbons (Fsp3) is 0.385. The Hall–Kier alpha value is -1.35. The number of halogens is 1. The third-order valence-corrected chi connectivity index (χ3v) is 3.28. The van der Waals surface area contributed by atoms with Gasteiger partial charge in [0.05, 0.1) is 5.88 Å². The molecule has 0 aliphatic rings. The van der Waals surface area contributed by atoms with Gasteiger partial charge in [-0.2, -0.15) is 0 Å². The number of benzene rings is 1. The summed E-state index contributed by atoms with van der Waals surface area (Å²) in [5.74, 6) is 2.48. The highest BCUT2D eigenvalue weighted by atomic mass is 35.5. The number of rotatable bonds is 4. The van der Waals surface area contributed by atoms with Crippen LogP contribution in [0.15, 0.2) is 30.3 Å². The van der Waals surface area contributed by atoms with Crippen molar-refractivity contribution in [2.45, 2.75) is 25.1 Å². The van der Waals surface area contributed by atoms with Crippen molar-refractivity contribution in [1.29, 1.82) is 0 Å². The van der Waals surface area contributed by atoms with Gasteiger partial charge in [-0.05, 0) is 12.0 Å². The number of alkyl halides is 1. The van der Waals surface area contributed by atoms with E-state index in [4.69, 9.17) is 11.6 Å². The Bertz CT molecular complexity index is 479. The van der Waals surface area contributed by atoms with Crippen LogP contribution in [-0.4, -0.2) is 14.8 Å². The lowest BCUT2D eigenvalue weighted by molar-refractivity contribution is 0.664. The molecule has 0 N–H and O–H groups in total. The highest BCUT2D eigenvalue weighted by Crippen LogP contribution is 2.26. The minimum absolute atomic E-state index is 0.283. The van der Waals surface area contributed by atoms with E-state index in [9.17, 15) is 0 Å². The summed E-state index contributed by atoms with van der Waals surface area (Å²) in [6, 6.07) is 10.4. The van der Waals surface area contributed by atoms with Gasteiger partial charge in [-0.25, -0.2) is 0 Å².